The van der Waals surface area contributed by atoms with Crippen molar-refractivity contribution in [2.75, 3.05) is 0 Å². The molecule has 0 fully saturated rings. The Kier molecular flexibility index (Phi) is 3.50. The number of amides is 1. The van der Waals surface area contributed by atoms with Gasteiger partial charge >= 0.3 is 0 Å². The summed E-state index contributed by atoms with van der Waals surface area (Å²) in [6, 6.07) is 0. The van der Waals surface area contributed by atoms with E-state index in [1.165, 1.54) is 0 Å². The largest absolute Gasteiger partial charge is 0.366 e. The Hall–Kier alpha value is 0.0800. The summed E-state index contributed by atoms with van der Waals surface area (Å²) >= 11 is 4.20. The molecule has 13 heavy (non-hydrogen) atoms. The van der Waals surface area contributed by atoms with Crippen LogP contribution in [0.5, 0.6) is 0 Å². The first-order valence-corrected chi connectivity index (χ1v) is 5.73. The number of carbonyl (C=O) groups is 1. The van der Waals surface area contributed by atoms with E-state index in [0.717, 1.165) is 14.8 Å². The number of nitrogens with zero attached hydrogens (tertiary/aromatic N) is 1. The van der Waals surface area contributed by atoms with E-state index in [1.807, 2.05) is 36.4 Å². The molecule has 0 aliphatic heterocycles. The first-order valence-electron chi connectivity index (χ1n) is 3.57. The number of primary amides is 1. The summed E-state index contributed by atoms with van der Waals surface area (Å²) in [7, 11) is 0. The molecule has 0 saturated carbocycles. The standard InChI is InChI=1S/C8H8I2N2O/c1-3-5(8(11)13)7(10)12-4(2)6(3)9/h1-2H3,(H2,11,13). The Bertz CT molecular complexity index is 377. The van der Waals surface area contributed by atoms with Gasteiger partial charge in [-0.05, 0) is 64.6 Å². The second-order valence-corrected chi connectivity index (χ2v) is 4.77. The SMILES string of the molecule is Cc1nc(I)c(C(N)=O)c(C)c1I. The van der Waals surface area contributed by atoms with Crippen molar-refractivity contribution in [3.8, 4) is 0 Å². The van der Waals surface area contributed by atoms with Gasteiger partial charge in [-0.2, -0.15) is 0 Å². The Morgan fingerprint density at radius 1 is 1.38 bits per heavy atom. The number of carbonyl (C=O) groups excluding carboxylic acids is 1. The number of aryl methyl sites for hydroxylation is 1. The number of nitrogens with two attached hydrogens (primary N) is 1. The summed E-state index contributed by atoms with van der Waals surface area (Å²) < 4.78 is 1.69. The van der Waals surface area contributed by atoms with Crippen LogP contribution >= 0.6 is 45.2 Å². The zero-order valence-corrected chi connectivity index (χ0v) is 11.5. The zero-order chi connectivity index (χ0) is 10.2. The van der Waals surface area contributed by atoms with E-state index in [-0.39, 0.29) is 0 Å². The molecule has 0 saturated heterocycles. The van der Waals surface area contributed by atoms with Crippen molar-refractivity contribution >= 4 is 51.1 Å². The Morgan fingerprint density at radius 3 is 2.38 bits per heavy atom. The fraction of sp³-hybridized carbons (Fsp3) is 0.250. The van der Waals surface area contributed by atoms with E-state index in [9.17, 15) is 4.79 Å². The number of halogens is 2. The van der Waals surface area contributed by atoms with Crippen LogP contribution < -0.4 is 5.73 Å². The highest BCUT2D eigenvalue weighted by atomic mass is 127. The van der Waals surface area contributed by atoms with Crippen molar-refractivity contribution < 1.29 is 4.79 Å². The van der Waals surface area contributed by atoms with Gasteiger partial charge < -0.3 is 5.73 Å². The smallest absolute Gasteiger partial charge is 0.251 e. The summed E-state index contributed by atoms with van der Waals surface area (Å²) in [6.07, 6.45) is 0. The summed E-state index contributed by atoms with van der Waals surface area (Å²) in [5, 5.41) is 0. The van der Waals surface area contributed by atoms with E-state index in [2.05, 4.69) is 27.6 Å². The molecule has 1 heterocycles. The van der Waals surface area contributed by atoms with Gasteiger partial charge in [0.2, 0.25) is 0 Å². The van der Waals surface area contributed by atoms with E-state index in [4.69, 9.17) is 5.73 Å². The number of hydrogen-bond acceptors (Lipinski definition) is 2. The van der Waals surface area contributed by atoms with E-state index in [0.29, 0.717) is 9.26 Å². The summed E-state index contributed by atoms with van der Waals surface area (Å²) in [5.74, 6) is -0.410. The molecule has 1 aromatic heterocycles. The Balaban J connectivity index is 3.53. The molecule has 70 valence electrons. The summed E-state index contributed by atoms with van der Waals surface area (Å²) in [4.78, 5) is 15.3. The third kappa shape index (κ3) is 2.12. The lowest BCUT2D eigenvalue weighted by Crippen LogP contribution is -2.17. The van der Waals surface area contributed by atoms with Crippen LogP contribution in [0, 0.1) is 21.1 Å². The average Bonchev–Trinajstić information content (AvgIpc) is 1.99. The van der Waals surface area contributed by atoms with Crippen LogP contribution in [-0.4, -0.2) is 10.9 Å². The van der Waals surface area contributed by atoms with Gasteiger partial charge in [0.05, 0.1) is 11.3 Å². The van der Waals surface area contributed by atoms with Crippen LogP contribution in [0.3, 0.4) is 0 Å². The van der Waals surface area contributed by atoms with Crippen LogP contribution in [0.1, 0.15) is 21.6 Å². The van der Waals surface area contributed by atoms with Gasteiger partial charge in [0, 0.05) is 3.57 Å². The molecule has 2 N–H and O–H groups in total. The third-order valence-corrected chi connectivity index (χ3v) is 4.11. The molecule has 0 atom stereocenters. The molecular formula is C8H8I2N2O. The molecule has 1 amide bonds. The molecule has 3 nitrogen and oxygen atoms in total. The van der Waals surface area contributed by atoms with Gasteiger partial charge in [-0.3, -0.25) is 4.79 Å². The summed E-state index contributed by atoms with van der Waals surface area (Å²) in [6.45, 7) is 3.81. The molecule has 0 aliphatic carbocycles. The first-order chi connectivity index (χ1) is 5.95. The molecule has 1 aromatic rings. The number of hydrogen-bond donors (Lipinski definition) is 1. The number of pyridine rings is 1. The molecule has 0 aromatic carbocycles. The molecular weight excluding hydrogens is 394 g/mol. The minimum atomic E-state index is -0.410. The highest BCUT2D eigenvalue weighted by Gasteiger charge is 2.15. The van der Waals surface area contributed by atoms with Crippen LogP contribution in [0.15, 0.2) is 0 Å². The maximum Gasteiger partial charge on any atom is 0.251 e. The van der Waals surface area contributed by atoms with Crippen LogP contribution in [0.4, 0.5) is 0 Å². The van der Waals surface area contributed by atoms with E-state index < -0.39 is 5.91 Å². The molecule has 0 bridgehead atoms. The van der Waals surface area contributed by atoms with Gasteiger partial charge in [0.25, 0.3) is 5.91 Å². The van der Waals surface area contributed by atoms with Crippen molar-refractivity contribution in [1.29, 1.82) is 0 Å². The minimum Gasteiger partial charge on any atom is -0.366 e. The van der Waals surface area contributed by atoms with Gasteiger partial charge in [-0.25, -0.2) is 4.98 Å². The molecule has 1 rings (SSSR count). The van der Waals surface area contributed by atoms with Crippen molar-refractivity contribution in [2.24, 2.45) is 5.73 Å². The Labute approximate surface area is 104 Å². The van der Waals surface area contributed by atoms with Crippen molar-refractivity contribution in [3.05, 3.63) is 24.1 Å². The lowest BCUT2D eigenvalue weighted by atomic mass is 10.1. The molecule has 0 unspecified atom stereocenters. The van der Waals surface area contributed by atoms with Crippen molar-refractivity contribution in [3.63, 3.8) is 0 Å². The van der Waals surface area contributed by atoms with Crippen molar-refractivity contribution in [1.82, 2.24) is 4.98 Å². The van der Waals surface area contributed by atoms with Gasteiger partial charge in [0.15, 0.2) is 0 Å². The third-order valence-electron chi connectivity index (χ3n) is 1.74. The lowest BCUT2D eigenvalue weighted by Gasteiger charge is -2.08. The number of aromatic nitrogens is 1. The van der Waals surface area contributed by atoms with Crippen LogP contribution in [0.25, 0.3) is 0 Å². The molecule has 0 aliphatic rings. The predicted molar refractivity (Wildman–Crippen MR) is 67.7 cm³/mol. The van der Waals surface area contributed by atoms with Gasteiger partial charge in [0.1, 0.15) is 3.70 Å². The van der Waals surface area contributed by atoms with E-state index in [1.54, 1.807) is 0 Å². The first kappa shape index (κ1) is 11.2. The highest BCUT2D eigenvalue weighted by molar-refractivity contribution is 14.1. The second-order valence-electron chi connectivity index (χ2n) is 2.67. The second kappa shape index (κ2) is 4.07. The predicted octanol–water partition coefficient (Wildman–Crippen LogP) is 2.01. The topological polar surface area (TPSA) is 56.0 Å². The Morgan fingerprint density at radius 2 is 1.92 bits per heavy atom. The highest BCUT2D eigenvalue weighted by Crippen LogP contribution is 2.22. The summed E-state index contributed by atoms with van der Waals surface area (Å²) in [5.41, 5.74) is 7.64. The number of rotatable bonds is 1. The molecule has 5 heteroatoms. The van der Waals surface area contributed by atoms with Gasteiger partial charge in [-0.15, -0.1) is 0 Å². The monoisotopic (exact) mass is 402 g/mol. The fourth-order valence-corrected chi connectivity index (χ4v) is 2.50. The van der Waals surface area contributed by atoms with Crippen LogP contribution in [0.2, 0.25) is 0 Å². The normalized spacial score (nSPS) is 10.2. The average molecular weight is 402 g/mol. The molecule has 0 spiro atoms. The fourth-order valence-electron chi connectivity index (χ4n) is 1.07. The maximum absolute atomic E-state index is 11.1. The molecule has 0 radical (unpaired) electrons. The lowest BCUT2D eigenvalue weighted by molar-refractivity contribution is 0.0998. The van der Waals surface area contributed by atoms with Gasteiger partial charge in [-0.1, -0.05) is 0 Å². The van der Waals surface area contributed by atoms with E-state index >= 15 is 0 Å². The minimum absolute atomic E-state index is 0.410. The van der Waals surface area contributed by atoms with Crippen LogP contribution in [-0.2, 0) is 0 Å². The maximum atomic E-state index is 11.1. The van der Waals surface area contributed by atoms with Crippen molar-refractivity contribution in [2.45, 2.75) is 13.8 Å². The quantitative estimate of drug-likeness (QED) is 0.578. The zero-order valence-electron chi connectivity index (χ0n) is 7.19.